The second-order valence-electron chi connectivity index (χ2n) is 5.09. The van der Waals surface area contributed by atoms with Crippen molar-refractivity contribution in [3.63, 3.8) is 0 Å². The molecule has 4 rings (SSSR count). The zero-order valence-electron chi connectivity index (χ0n) is 11.0. The maximum atomic E-state index is 5.54. The third-order valence-corrected chi connectivity index (χ3v) is 3.78. The molecule has 0 aliphatic carbocycles. The number of benzene rings is 3. The van der Waals surface area contributed by atoms with Gasteiger partial charge in [0.25, 0.3) is 0 Å². The van der Waals surface area contributed by atoms with Gasteiger partial charge in [-0.25, -0.2) is 0 Å². The smallest absolute Gasteiger partial charge is 0.168 e. The van der Waals surface area contributed by atoms with Crippen LogP contribution in [0.15, 0.2) is 66.7 Å². The molecule has 20 heavy (non-hydrogen) atoms. The number of hydrogen-bond acceptors (Lipinski definition) is 2. The van der Waals surface area contributed by atoms with E-state index in [0.717, 1.165) is 17.7 Å². The molecule has 2 nitrogen and oxygen atoms in total. The van der Waals surface area contributed by atoms with Gasteiger partial charge in [-0.2, -0.15) is 4.89 Å². The highest BCUT2D eigenvalue weighted by Crippen LogP contribution is 2.34. The standard InChI is InChI=1S/C18H14O2/c1-2-6-14-11-16(10-9-13(14)5-1)18-12-15-7-3-4-8-17(15)19-20-18/h1-11,18H,12H2. The molecule has 1 heterocycles. The molecule has 0 aromatic heterocycles. The highest BCUT2D eigenvalue weighted by Gasteiger charge is 2.22. The second kappa shape index (κ2) is 4.66. The maximum Gasteiger partial charge on any atom is 0.168 e. The van der Waals surface area contributed by atoms with Crippen LogP contribution in [0.5, 0.6) is 5.75 Å². The number of rotatable bonds is 1. The minimum Gasteiger partial charge on any atom is -0.337 e. The van der Waals surface area contributed by atoms with E-state index in [1.165, 1.54) is 16.3 Å². The molecule has 0 saturated carbocycles. The predicted molar refractivity (Wildman–Crippen MR) is 78.5 cm³/mol. The van der Waals surface area contributed by atoms with Crippen LogP contribution < -0.4 is 4.89 Å². The van der Waals surface area contributed by atoms with Crippen LogP contribution in [0.4, 0.5) is 0 Å². The van der Waals surface area contributed by atoms with Crippen LogP contribution in [0.2, 0.25) is 0 Å². The molecule has 1 aliphatic rings. The van der Waals surface area contributed by atoms with Gasteiger partial charge in [0.2, 0.25) is 0 Å². The van der Waals surface area contributed by atoms with Crippen molar-refractivity contribution in [2.45, 2.75) is 12.5 Å². The third-order valence-electron chi connectivity index (χ3n) is 3.78. The Morgan fingerprint density at radius 2 is 1.60 bits per heavy atom. The molecule has 0 amide bonds. The van der Waals surface area contributed by atoms with Gasteiger partial charge in [-0.05, 0) is 28.5 Å². The molecule has 0 spiro atoms. The average Bonchev–Trinajstić information content (AvgIpc) is 2.54. The lowest BCUT2D eigenvalue weighted by Gasteiger charge is -2.24. The van der Waals surface area contributed by atoms with Crippen molar-refractivity contribution < 1.29 is 9.78 Å². The van der Waals surface area contributed by atoms with E-state index in [9.17, 15) is 0 Å². The van der Waals surface area contributed by atoms with Crippen molar-refractivity contribution in [1.29, 1.82) is 0 Å². The molecule has 0 N–H and O–H groups in total. The van der Waals surface area contributed by atoms with E-state index in [0.29, 0.717) is 0 Å². The Morgan fingerprint density at radius 1 is 0.800 bits per heavy atom. The molecule has 1 unspecified atom stereocenters. The Kier molecular flexibility index (Phi) is 2.68. The van der Waals surface area contributed by atoms with Gasteiger partial charge in [0, 0.05) is 12.0 Å². The lowest BCUT2D eigenvalue weighted by molar-refractivity contribution is -0.257. The zero-order chi connectivity index (χ0) is 13.4. The van der Waals surface area contributed by atoms with E-state index in [4.69, 9.17) is 9.78 Å². The van der Waals surface area contributed by atoms with Gasteiger partial charge in [-0.15, -0.1) is 0 Å². The molecule has 1 atom stereocenters. The topological polar surface area (TPSA) is 18.5 Å². The monoisotopic (exact) mass is 262 g/mol. The molecule has 0 fully saturated rings. The molecule has 3 aromatic carbocycles. The lowest BCUT2D eigenvalue weighted by Crippen LogP contribution is -2.16. The normalized spacial score (nSPS) is 17.5. The molecule has 0 saturated heterocycles. The zero-order valence-corrected chi connectivity index (χ0v) is 11.0. The van der Waals surface area contributed by atoms with Crippen LogP contribution in [-0.2, 0) is 11.3 Å². The van der Waals surface area contributed by atoms with Crippen molar-refractivity contribution in [1.82, 2.24) is 0 Å². The Morgan fingerprint density at radius 3 is 2.55 bits per heavy atom. The highest BCUT2D eigenvalue weighted by molar-refractivity contribution is 5.83. The van der Waals surface area contributed by atoms with E-state index in [1.54, 1.807) is 0 Å². The Hall–Kier alpha value is -2.32. The van der Waals surface area contributed by atoms with Gasteiger partial charge in [0.1, 0.15) is 6.10 Å². The van der Waals surface area contributed by atoms with Crippen LogP contribution >= 0.6 is 0 Å². The van der Waals surface area contributed by atoms with Crippen LogP contribution in [-0.4, -0.2) is 0 Å². The molecule has 0 bridgehead atoms. The van der Waals surface area contributed by atoms with E-state index in [2.05, 4.69) is 48.5 Å². The van der Waals surface area contributed by atoms with E-state index in [-0.39, 0.29) is 6.10 Å². The summed E-state index contributed by atoms with van der Waals surface area (Å²) >= 11 is 0. The quantitative estimate of drug-likeness (QED) is 0.603. The van der Waals surface area contributed by atoms with Crippen molar-refractivity contribution in [2.75, 3.05) is 0 Å². The van der Waals surface area contributed by atoms with Crippen LogP contribution in [0.25, 0.3) is 10.8 Å². The summed E-state index contributed by atoms with van der Waals surface area (Å²) in [5.41, 5.74) is 2.34. The minimum atomic E-state index is -0.0468. The van der Waals surface area contributed by atoms with Crippen molar-refractivity contribution in [3.05, 3.63) is 77.9 Å². The SMILES string of the molecule is c1ccc2c(c1)CC(c1ccc3ccccc3c1)OO2. The van der Waals surface area contributed by atoms with Crippen LogP contribution in [0.1, 0.15) is 17.2 Å². The molecule has 0 radical (unpaired) electrons. The molecule has 98 valence electrons. The molecular weight excluding hydrogens is 248 g/mol. The van der Waals surface area contributed by atoms with Crippen LogP contribution in [0.3, 0.4) is 0 Å². The fourth-order valence-corrected chi connectivity index (χ4v) is 2.68. The maximum absolute atomic E-state index is 5.54. The van der Waals surface area contributed by atoms with E-state index >= 15 is 0 Å². The Balaban J connectivity index is 1.70. The summed E-state index contributed by atoms with van der Waals surface area (Å²) in [4.78, 5) is 10.9. The first-order valence-electron chi connectivity index (χ1n) is 6.80. The Bertz CT molecular complexity index is 764. The summed E-state index contributed by atoms with van der Waals surface area (Å²) < 4.78 is 0. The average molecular weight is 262 g/mol. The predicted octanol–water partition coefficient (Wildman–Crippen LogP) is 4.45. The second-order valence-corrected chi connectivity index (χ2v) is 5.09. The summed E-state index contributed by atoms with van der Waals surface area (Å²) in [6, 6.07) is 22.8. The summed E-state index contributed by atoms with van der Waals surface area (Å²) in [5.74, 6) is 0.824. The summed E-state index contributed by atoms with van der Waals surface area (Å²) in [7, 11) is 0. The molecule has 2 heteroatoms. The summed E-state index contributed by atoms with van der Waals surface area (Å²) in [5, 5.41) is 2.47. The molecule has 1 aliphatic heterocycles. The minimum absolute atomic E-state index is 0.0468. The lowest BCUT2D eigenvalue weighted by atomic mass is 9.98. The molecular formula is C18H14O2. The largest absolute Gasteiger partial charge is 0.337 e. The van der Waals surface area contributed by atoms with Gasteiger partial charge < -0.3 is 4.89 Å². The number of fused-ring (bicyclic) bond motifs is 2. The summed E-state index contributed by atoms with van der Waals surface area (Å²) in [6.07, 6.45) is 0.795. The first kappa shape index (κ1) is 11.5. The molecule has 3 aromatic rings. The number of para-hydroxylation sites is 1. The highest BCUT2D eigenvalue weighted by atomic mass is 17.2. The van der Waals surface area contributed by atoms with Crippen molar-refractivity contribution >= 4 is 10.8 Å². The van der Waals surface area contributed by atoms with Gasteiger partial charge in [-0.3, -0.25) is 0 Å². The number of hydrogen-bond donors (Lipinski definition) is 0. The first-order chi connectivity index (χ1) is 9.90. The fraction of sp³-hybridized carbons (Fsp3) is 0.111. The summed E-state index contributed by atoms with van der Waals surface area (Å²) in [6.45, 7) is 0. The van der Waals surface area contributed by atoms with Gasteiger partial charge in [-0.1, -0.05) is 54.6 Å². The third kappa shape index (κ3) is 1.95. The van der Waals surface area contributed by atoms with Crippen LogP contribution in [0, 0.1) is 0 Å². The van der Waals surface area contributed by atoms with Gasteiger partial charge >= 0.3 is 0 Å². The van der Waals surface area contributed by atoms with Crippen molar-refractivity contribution in [3.8, 4) is 5.75 Å². The van der Waals surface area contributed by atoms with Gasteiger partial charge in [0.15, 0.2) is 5.75 Å². The van der Waals surface area contributed by atoms with E-state index in [1.807, 2.05) is 18.2 Å². The fourth-order valence-electron chi connectivity index (χ4n) is 2.68. The van der Waals surface area contributed by atoms with E-state index < -0.39 is 0 Å². The van der Waals surface area contributed by atoms with Gasteiger partial charge in [0.05, 0.1) is 0 Å². The van der Waals surface area contributed by atoms with Crippen molar-refractivity contribution in [2.24, 2.45) is 0 Å². The first-order valence-corrected chi connectivity index (χ1v) is 6.80. The Labute approximate surface area is 117 Å².